The van der Waals surface area contributed by atoms with E-state index in [9.17, 15) is 9.90 Å². The Bertz CT molecular complexity index is 668. The number of ether oxygens (including phenoxy) is 1. The molecule has 0 aliphatic carbocycles. The van der Waals surface area contributed by atoms with Crippen LogP contribution in [0.1, 0.15) is 15.9 Å². The fourth-order valence-electron chi connectivity index (χ4n) is 1.70. The molecular weight excluding hydrogens is 400 g/mol. The zero-order valence-corrected chi connectivity index (χ0v) is 14.3. The highest BCUT2D eigenvalue weighted by Crippen LogP contribution is 2.33. The Balaban J connectivity index is 2.18. The highest BCUT2D eigenvalue weighted by Gasteiger charge is 2.05. The lowest BCUT2D eigenvalue weighted by Gasteiger charge is -2.02. The summed E-state index contributed by atoms with van der Waals surface area (Å²) in [5.74, 6) is 0.744. The van der Waals surface area contributed by atoms with Gasteiger partial charge in [0.05, 0.1) is 16.1 Å². The number of phenols is 1. The van der Waals surface area contributed by atoms with E-state index in [-0.39, 0.29) is 11.5 Å². The van der Waals surface area contributed by atoms with E-state index in [0.717, 1.165) is 5.56 Å². The van der Waals surface area contributed by atoms with Gasteiger partial charge in [-0.2, -0.15) is 0 Å². The number of allylic oxidation sites excluding steroid dienone is 1. The number of rotatable bonds is 4. The third kappa shape index (κ3) is 3.95. The first-order valence-electron chi connectivity index (χ1n) is 6.05. The molecular formula is C16H12Br2O3. The molecule has 21 heavy (non-hydrogen) atoms. The minimum atomic E-state index is -0.0991. The summed E-state index contributed by atoms with van der Waals surface area (Å²) in [6, 6.07) is 10.4. The summed E-state index contributed by atoms with van der Waals surface area (Å²) >= 11 is 6.50. The Morgan fingerprint density at radius 3 is 2.24 bits per heavy atom. The molecule has 5 heteroatoms. The van der Waals surface area contributed by atoms with E-state index in [1.165, 1.54) is 6.08 Å². The first-order chi connectivity index (χ1) is 10.0. The summed E-state index contributed by atoms with van der Waals surface area (Å²) in [6.45, 7) is 0. The average Bonchev–Trinajstić information content (AvgIpc) is 2.50. The van der Waals surface area contributed by atoms with Crippen molar-refractivity contribution in [2.75, 3.05) is 7.11 Å². The van der Waals surface area contributed by atoms with Crippen molar-refractivity contribution in [3.8, 4) is 11.5 Å². The van der Waals surface area contributed by atoms with Crippen LogP contribution in [0.25, 0.3) is 6.08 Å². The molecule has 0 radical (unpaired) electrons. The number of phenolic OH excluding ortho intramolecular Hbond substituents is 1. The zero-order chi connectivity index (χ0) is 15.4. The summed E-state index contributed by atoms with van der Waals surface area (Å²) < 4.78 is 6.18. The predicted molar refractivity (Wildman–Crippen MR) is 89.9 cm³/mol. The Hall–Kier alpha value is -1.59. The molecule has 2 aromatic rings. The molecule has 2 rings (SSSR count). The monoisotopic (exact) mass is 410 g/mol. The molecule has 0 fully saturated rings. The van der Waals surface area contributed by atoms with Gasteiger partial charge in [0, 0.05) is 5.56 Å². The largest absolute Gasteiger partial charge is 0.506 e. The standard InChI is InChI=1S/C16H12Br2O3/c1-21-12-5-3-11(4-6-12)15(19)7-2-10-8-13(17)16(20)14(18)9-10/h2-9,20H,1H3/b7-2+. The van der Waals surface area contributed by atoms with Gasteiger partial charge in [-0.15, -0.1) is 0 Å². The van der Waals surface area contributed by atoms with Crippen LogP contribution in [0.4, 0.5) is 0 Å². The molecule has 3 nitrogen and oxygen atoms in total. The lowest BCUT2D eigenvalue weighted by Crippen LogP contribution is -1.94. The Morgan fingerprint density at radius 2 is 1.71 bits per heavy atom. The van der Waals surface area contributed by atoms with E-state index in [1.807, 2.05) is 0 Å². The number of hydrogen-bond acceptors (Lipinski definition) is 3. The molecule has 0 spiro atoms. The second kappa shape index (κ2) is 6.91. The summed E-state index contributed by atoms with van der Waals surface area (Å²) in [5, 5.41) is 9.64. The lowest BCUT2D eigenvalue weighted by atomic mass is 10.1. The van der Waals surface area contributed by atoms with Crippen LogP contribution in [0.15, 0.2) is 51.4 Å². The predicted octanol–water partition coefficient (Wildman–Crippen LogP) is 4.82. The summed E-state index contributed by atoms with van der Waals surface area (Å²) in [6.07, 6.45) is 3.19. The smallest absolute Gasteiger partial charge is 0.185 e. The first kappa shape index (κ1) is 15.8. The van der Waals surface area contributed by atoms with Crippen molar-refractivity contribution in [3.05, 3.63) is 62.5 Å². The minimum absolute atomic E-state index is 0.0991. The van der Waals surface area contributed by atoms with Crippen LogP contribution < -0.4 is 4.74 Å². The molecule has 0 aromatic heterocycles. The van der Waals surface area contributed by atoms with Crippen LogP contribution >= 0.6 is 31.9 Å². The number of carbonyl (C=O) groups is 1. The van der Waals surface area contributed by atoms with Gasteiger partial charge in [-0.1, -0.05) is 6.08 Å². The molecule has 0 bridgehead atoms. The first-order valence-corrected chi connectivity index (χ1v) is 7.64. The quantitative estimate of drug-likeness (QED) is 0.579. The maximum atomic E-state index is 12.1. The number of methoxy groups -OCH3 is 1. The van der Waals surface area contributed by atoms with Crippen molar-refractivity contribution in [2.45, 2.75) is 0 Å². The van der Waals surface area contributed by atoms with Gasteiger partial charge in [-0.05, 0) is 79.9 Å². The Labute approximate surface area is 139 Å². The van der Waals surface area contributed by atoms with Crippen LogP contribution in [-0.2, 0) is 0 Å². The third-order valence-corrected chi connectivity index (χ3v) is 4.05. The van der Waals surface area contributed by atoms with E-state index >= 15 is 0 Å². The minimum Gasteiger partial charge on any atom is -0.506 e. The SMILES string of the molecule is COc1ccc(C(=O)/C=C/c2cc(Br)c(O)c(Br)c2)cc1. The van der Waals surface area contributed by atoms with Crippen molar-refractivity contribution >= 4 is 43.7 Å². The fraction of sp³-hybridized carbons (Fsp3) is 0.0625. The second-order valence-electron chi connectivity index (χ2n) is 4.26. The number of aromatic hydroxyl groups is 1. The van der Waals surface area contributed by atoms with Crippen molar-refractivity contribution in [1.82, 2.24) is 0 Å². The van der Waals surface area contributed by atoms with Gasteiger partial charge in [0.15, 0.2) is 5.78 Å². The normalized spacial score (nSPS) is 10.8. The number of halogens is 2. The van der Waals surface area contributed by atoms with Crippen LogP contribution in [0.5, 0.6) is 11.5 Å². The van der Waals surface area contributed by atoms with E-state index < -0.39 is 0 Å². The van der Waals surface area contributed by atoms with Gasteiger partial charge < -0.3 is 9.84 Å². The summed E-state index contributed by atoms with van der Waals surface area (Å²) in [7, 11) is 1.58. The molecule has 0 aliphatic rings. The van der Waals surface area contributed by atoms with Gasteiger partial charge >= 0.3 is 0 Å². The topological polar surface area (TPSA) is 46.5 Å². The van der Waals surface area contributed by atoms with Gasteiger partial charge in [0.1, 0.15) is 11.5 Å². The second-order valence-corrected chi connectivity index (χ2v) is 5.97. The van der Waals surface area contributed by atoms with Gasteiger partial charge in [0.25, 0.3) is 0 Å². The molecule has 0 unspecified atom stereocenters. The maximum Gasteiger partial charge on any atom is 0.185 e. The maximum absolute atomic E-state index is 12.1. The number of ketones is 1. The van der Waals surface area contributed by atoms with E-state index in [2.05, 4.69) is 31.9 Å². The molecule has 0 atom stereocenters. The lowest BCUT2D eigenvalue weighted by molar-refractivity contribution is 0.104. The molecule has 1 N–H and O–H groups in total. The number of hydrogen-bond donors (Lipinski definition) is 1. The molecule has 0 saturated carbocycles. The van der Waals surface area contributed by atoms with Crippen molar-refractivity contribution in [1.29, 1.82) is 0 Å². The molecule has 0 amide bonds. The molecule has 2 aromatic carbocycles. The van der Waals surface area contributed by atoms with Crippen molar-refractivity contribution < 1.29 is 14.6 Å². The van der Waals surface area contributed by atoms with Crippen LogP contribution in [0.2, 0.25) is 0 Å². The summed E-state index contributed by atoms with van der Waals surface area (Å²) in [4.78, 5) is 12.1. The zero-order valence-electron chi connectivity index (χ0n) is 11.1. The highest BCUT2D eigenvalue weighted by atomic mass is 79.9. The third-order valence-electron chi connectivity index (χ3n) is 2.84. The molecule has 0 aliphatic heterocycles. The summed E-state index contributed by atoms with van der Waals surface area (Å²) in [5.41, 5.74) is 1.39. The van der Waals surface area contributed by atoms with E-state index in [4.69, 9.17) is 4.74 Å². The number of benzene rings is 2. The molecule has 0 saturated heterocycles. The van der Waals surface area contributed by atoms with E-state index in [0.29, 0.717) is 20.3 Å². The van der Waals surface area contributed by atoms with Gasteiger partial charge in [-0.3, -0.25) is 4.79 Å². The number of carbonyl (C=O) groups excluding carboxylic acids is 1. The van der Waals surface area contributed by atoms with Gasteiger partial charge in [0.2, 0.25) is 0 Å². The van der Waals surface area contributed by atoms with Gasteiger partial charge in [-0.25, -0.2) is 0 Å². The van der Waals surface area contributed by atoms with Crippen molar-refractivity contribution in [3.63, 3.8) is 0 Å². The van der Waals surface area contributed by atoms with Crippen LogP contribution in [0, 0.1) is 0 Å². The van der Waals surface area contributed by atoms with E-state index in [1.54, 1.807) is 49.6 Å². The van der Waals surface area contributed by atoms with Crippen LogP contribution in [0.3, 0.4) is 0 Å². The Morgan fingerprint density at radius 1 is 1.14 bits per heavy atom. The average molecular weight is 412 g/mol. The highest BCUT2D eigenvalue weighted by molar-refractivity contribution is 9.11. The fourth-order valence-corrected chi connectivity index (χ4v) is 2.93. The molecule has 0 heterocycles. The molecule has 108 valence electrons. The van der Waals surface area contributed by atoms with Crippen molar-refractivity contribution in [2.24, 2.45) is 0 Å². The Kier molecular flexibility index (Phi) is 5.20. The van der Waals surface area contributed by atoms with Crippen LogP contribution in [-0.4, -0.2) is 18.0 Å².